The fourth-order valence-corrected chi connectivity index (χ4v) is 3.58. The Labute approximate surface area is 226 Å². The van der Waals surface area contributed by atoms with E-state index in [2.05, 4.69) is 10.1 Å². The minimum Gasteiger partial charge on any atom is -0.463 e. The number of carbonyl (C=O) groups excluding carboxylic acids is 3. The number of aromatic nitrogens is 3. The van der Waals surface area contributed by atoms with Crippen molar-refractivity contribution < 1.29 is 34.7 Å². The summed E-state index contributed by atoms with van der Waals surface area (Å²) in [5.41, 5.74) is 3.95. The first-order valence-electron chi connectivity index (χ1n) is 12.1. The van der Waals surface area contributed by atoms with Crippen LogP contribution in [0.5, 0.6) is 0 Å². The molecule has 0 spiro atoms. The highest BCUT2D eigenvalue weighted by molar-refractivity contribution is 8.93. The monoisotopic (exact) mass is 582 g/mol. The number of halogens is 1. The molecule has 4 atom stereocenters. The molecule has 1 unspecified atom stereocenters. The lowest BCUT2D eigenvalue weighted by Crippen LogP contribution is -2.47. The second-order valence-electron chi connectivity index (χ2n) is 9.44. The Kier molecular flexibility index (Phi) is 9.09. The van der Waals surface area contributed by atoms with Crippen molar-refractivity contribution in [2.45, 2.75) is 65.5 Å². The van der Waals surface area contributed by atoms with Crippen LogP contribution in [0.4, 0.5) is 5.82 Å². The average molecular weight is 583 g/mol. The molecule has 3 heterocycles. The van der Waals surface area contributed by atoms with Crippen LogP contribution in [0.1, 0.15) is 48.6 Å². The normalized spacial score (nSPS) is 23.5. The SMILES string of the molecule is Br.[2H]c1cc([C@]2(C#N)OC(COC(=O)C(C)C)[C@@H](OC(=O)C(C)C)[C@H]2OC(=O)C(C)C)n2ncnc(N)c12. The molecule has 202 valence electrons. The third-order valence-electron chi connectivity index (χ3n) is 5.64. The average Bonchev–Trinajstić information content (AvgIpc) is 3.33. The number of hydrogen-bond donors (Lipinski definition) is 1. The number of nitriles is 1. The maximum absolute atomic E-state index is 12.8. The van der Waals surface area contributed by atoms with Gasteiger partial charge in [0.05, 0.1) is 24.8 Å². The second-order valence-corrected chi connectivity index (χ2v) is 9.44. The summed E-state index contributed by atoms with van der Waals surface area (Å²) in [6.45, 7) is 9.34. The molecule has 1 saturated heterocycles. The zero-order valence-electron chi connectivity index (χ0n) is 22.5. The summed E-state index contributed by atoms with van der Waals surface area (Å²) in [5, 5.41) is 14.6. The van der Waals surface area contributed by atoms with Gasteiger partial charge in [0.2, 0.25) is 5.60 Å². The van der Waals surface area contributed by atoms with E-state index in [0.29, 0.717) is 0 Å². The van der Waals surface area contributed by atoms with Gasteiger partial charge in [0, 0.05) is 0 Å². The molecule has 3 rings (SSSR count). The van der Waals surface area contributed by atoms with Crippen LogP contribution in [0, 0.1) is 29.1 Å². The van der Waals surface area contributed by atoms with Gasteiger partial charge in [-0.1, -0.05) is 41.5 Å². The number of nitrogen functional groups attached to an aromatic ring is 1. The number of fused-ring (bicyclic) bond motifs is 1. The van der Waals surface area contributed by atoms with Crippen LogP contribution in [0.25, 0.3) is 5.52 Å². The fourth-order valence-electron chi connectivity index (χ4n) is 3.58. The minimum atomic E-state index is -2.11. The number of anilines is 1. The molecule has 0 radical (unpaired) electrons. The van der Waals surface area contributed by atoms with Crippen LogP contribution >= 0.6 is 17.0 Å². The number of hydrogen-bond acceptors (Lipinski definition) is 11. The molecule has 37 heavy (non-hydrogen) atoms. The van der Waals surface area contributed by atoms with Crippen LogP contribution < -0.4 is 5.73 Å². The predicted molar refractivity (Wildman–Crippen MR) is 135 cm³/mol. The molecule has 2 aromatic heterocycles. The van der Waals surface area contributed by atoms with Crippen molar-refractivity contribution in [3.05, 3.63) is 24.1 Å². The first-order valence-corrected chi connectivity index (χ1v) is 11.6. The Morgan fingerprint density at radius 3 is 2.32 bits per heavy atom. The van der Waals surface area contributed by atoms with Gasteiger partial charge in [0.25, 0.3) is 0 Å². The first kappa shape index (κ1) is 28.3. The van der Waals surface area contributed by atoms with E-state index < -0.39 is 59.6 Å². The highest BCUT2D eigenvalue weighted by atomic mass is 79.9. The van der Waals surface area contributed by atoms with Gasteiger partial charge in [-0.2, -0.15) is 10.4 Å². The van der Waals surface area contributed by atoms with Crippen LogP contribution in [0.3, 0.4) is 0 Å². The molecule has 1 aliphatic rings. The van der Waals surface area contributed by atoms with Crippen molar-refractivity contribution in [1.29, 1.82) is 5.26 Å². The van der Waals surface area contributed by atoms with Gasteiger partial charge in [-0.3, -0.25) is 14.4 Å². The lowest BCUT2D eigenvalue weighted by molar-refractivity contribution is -0.174. The Morgan fingerprint density at radius 2 is 1.76 bits per heavy atom. The van der Waals surface area contributed by atoms with Crippen LogP contribution in [-0.2, 0) is 38.9 Å². The van der Waals surface area contributed by atoms with E-state index in [1.54, 1.807) is 41.5 Å². The number of ether oxygens (including phenoxy) is 4. The molecule has 0 aromatic carbocycles. The maximum atomic E-state index is 12.8. The van der Waals surface area contributed by atoms with Crippen molar-refractivity contribution in [3.8, 4) is 6.07 Å². The van der Waals surface area contributed by atoms with E-state index >= 15 is 0 Å². The second kappa shape index (κ2) is 11.9. The van der Waals surface area contributed by atoms with E-state index in [1.807, 2.05) is 6.07 Å². The maximum Gasteiger partial charge on any atom is 0.308 e. The first-order chi connectivity index (χ1) is 17.3. The highest BCUT2D eigenvalue weighted by Gasteiger charge is 2.63. The smallest absolute Gasteiger partial charge is 0.308 e. The largest absolute Gasteiger partial charge is 0.463 e. The molecule has 2 N–H and O–H groups in total. The lowest BCUT2D eigenvalue weighted by Gasteiger charge is -2.29. The topological polar surface area (TPSA) is 168 Å². The van der Waals surface area contributed by atoms with Gasteiger partial charge in [-0.25, -0.2) is 9.50 Å². The van der Waals surface area contributed by atoms with Gasteiger partial charge in [-0.05, 0) is 12.1 Å². The Hall–Kier alpha value is -3.24. The predicted octanol–water partition coefficient (Wildman–Crippen LogP) is 2.34. The van der Waals surface area contributed by atoms with Gasteiger partial charge < -0.3 is 24.7 Å². The molecule has 0 amide bonds. The van der Waals surface area contributed by atoms with E-state index in [-0.39, 0.29) is 46.7 Å². The lowest BCUT2D eigenvalue weighted by atomic mass is 9.91. The zero-order chi connectivity index (χ0) is 27.7. The summed E-state index contributed by atoms with van der Waals surface area (Å²) < 4.78 is 32.5. The summed E-state index contributed by atoms with van der Waals surface area (Å²) in [4.78, 5) is 41.6. The summed E-state index contributed by atoms with van der Waals surface area (Å²) in [6.07, 6.45) is -2.87. The number of esters is 3. The quantitative estimate of drug-likeness (QED) is 0.358. The van der Waals surface area contributed by atoms with Crippen molar-refractivity contribution in [3.63, 3.8) is 0 Å². The summed E-state index contributed by atoms with van der Waals surface area (Å²) in [5.74, 6) is -3.47. The van der Waals surface area contributed by atoms with Crippen LogP contribution in [0.2, 0.25) is 0 Å². The molecule has 1 aliphatic heterocycles. The Balaban J connectivity index is 0.00000507. The number of rotatable bonds is 8. The van der Waals surface area contributed by atoms with E-state index in [4.69, 9.17) is 26.1 Å². The molecule has 0 aliphatic carbocycles. The van der Waals surface area contributed by atoms with Crippen LogP contribution in [0.15, 0.2) is 18.4 Å². The molecule has 12 nitrogen and oxygen atoms in total. The van der Waals surface area contributed by atoms with Gasteiger partial charge >= 0.3 is 17.9 Å². The fraction of sp³-hybridized carbons (Fsp3) is 0.583. The van der Waals surface area contributed by atoms with Gasteiger partial charge in [-0.15, -0.1) is 17.0 Å². The number of carbonyl (C=O) groups is 3. The Morgan fingerprint density at radius 1 is 1.16 bits per heavy atom. The molecular weight excluding hydrogens is 550 g/mol. The van der Waals surface area contributed by atoms with Crippen LogP contribution in [-0.4, -0.2) is 57.4 Å². The van der Waals surface area contributed by atoms with Gasteiger partial charge in [0.1, 0.15) is 30.6 Å². The molecule has 0 bridgehead atoms. The van der Waals surface area contributed by atoms with Crippen molar-refractivity contribution in [2.24, 2.45) is 17.8 Å². The minimum absolute atomic E-state index is 0. The molecular formula is C24H32BrN5O7. The molecule has 13 heteroatoms. The Bertz CT molecular complexity index is 1240. The van der Waals surface area contributed by atoms with E-state index in [1.165, 1.54) is 10.6 Å². The third-order valence-corrected chi connectivity index (χ3v) is 5.64. The highest BCUT2D eigenvalue weighted by Crippen LogP contribution is 2.44. The third kappa shape index (κ3) is 5.86. The number of nitrogens with zero attached hydrogens (tertiary/aromatic N) is 4. The van der Waals surface area contributed by atoms with Gasteiger partial charge in [0.15, 0.2) is 18.0 Å². The molecule has 2 aromatic rings. The van der Waals surface area contributed by atoms with Crippen molar-refractivity contribution >= 4 is 46.2 Å². The number of nitrogens with two attached hydrogens (primary N) is 1. The van der Waals surface area contributed by atoms with Crippen molar-refractivity contribution in [2.75, 3.05) is 12.3 Å². The standard InChI is InChI=1S/C24H31N5O7.BrH/c1-12(2)21(30)33-9-16-18(34-22(31)13(3)4)19(35-23(32)14(5)6)24(10-25,36-16)17-8-7-15-20(26)27-11-28-29(15)17;/h7-8,11-14,16,18-19H,9H2,1-6H3,(H2,26,27,28);1H/t16?,18-,19-,24+;/m1./s1/i7D;. The van der Waals surface area contributed by atoms with Crippen molar-refractivity contribution in [1.82, 2.24) is 14.6 Å². The van der Waals surface area contributed by atoms with E-state index in [9.17, 15) is 19.6 Å². The zero-order valence-corrected chi connectivity index (χ0v) is 23.2. The summed E-state index contributed by atoms with van der Waals surface area (Å²) in [7, 11) is 0. The van der Waals surface area contributed by atoms with E-state index in [0.717, 1.165) is 6.33 Å². The molecule has 1 fully saturated rings. The molecule has 0 saturated carbocycles. The summed E-state index contributed by atoms with van der Waals surface area (Å²) >= 11 is 0. The summed E-state index contributed by atoms with van der Waals surface area (Å²) in [6, 6.07) is 3.24.